The third-order valence-corrected chi connectivity index (χ3v) is 4.48. The van der Waals surface area contributed by atoms with Gasteiger partial charge in [0, 0.05) is 11.1 Å². The van der Waals surface area contributed by atoms with Gasteiger partial charge in [0.1, 0.15) is 5.75 Å². The summed E-state index contributed by atoms with van der Waals surface area (Å²) in [5.74, 6) is 1.99. The molecule has 2 aromatic rings. The smallest absolute Gasteiger partial charge is 0.241 e. The lowest BCUT2D eigenvalue weighted by Crippen LogP contribution is -2.39. The Morgan fingerprint density at radius 3 is 2.69 bits per heavy atom. The number of aromatic nitrogens is 2. The van der Waals surface area contributed by atoms with Crippen LogP contribution < -0.4 is 10.1 Å². The maximum absolute atomic E-state index is 12.7. The Bertz CT molecular complexity index is 749. The number of nitrogens with one attached hydrogen (secondary N) is 1. The molecule has 0 spiro atoms. The van der Waals surface area contributed by atoms with Gasteiger partial charge in [-0.3, -0.25) is 9.69 Å². The molecule has 7 nitrogen and oxygen atoms in total. The molecule has 1 aliphatic heterocycles. The van der Waals surface area contributed by atoms with Gasteiger partial charge in [-0.05, 0) is 43.7 Å². The number of ether oxygens (including phenoxy) is 1. The molecule has 1 saturated heterocycles. The number of carbonyl (C=O) groups is 1. The molecule has 2 heterocycles. The molecule has 1 fully saturated rings. The van der Waals surface area contributed by atoms with Crippen molar-refractivity contribution in [3.63, 3.8) is 0 Å². The molecule has 1 atom stereocenters. The SMILES string of the molecule is COc1ccc(NC(=O)C2CCCN2Cc2noc(C(C)(C)C)n2)cc1. The fourth-order valence-electron chi connectivity index (χ4n) is 3.02. The zero-order valence-corrected chi connectivity index (χ0v) is 15.8. The van der Waals surface area contributed by atoms with Crippen molar-refractivity contribution in [2.24, 2.45) is 0 Å². The predicted molar refractivity (Wildman–Crippen MR) is 98.1 cm³/mol. The van der Waals surface area contributed by atoms with Gasteiger partial charge in [0.15, 0.2) is 5.82 Å². The van der Waals surface area contributed by atoms with Crippen LogP contribution in [0.15, 0.2) is 28.8 Å². The molecule has 0 radical (unpaired) electrons. The first kappa shape index (κ1) is 18.4. The number of hydrogen-bond acceptors (Lipinski definition) is 6. The molecule has 1 N–H and O–H groups in total. The van der Waals surface area contributed by atoms with E-state index in [-0.39, 0.29) is 17.4 Å². The molecular weight excluding hydrogens is 332 g/mol. The Balaban J connectivity index is 1.63. The van der Waals surface area contributed by atoms with Crippen molar-refractivity contribution >= 4 is 11.6 Å². The van der Waals surface area contributed by atoms with Crippen LogP contribution in [-0.2, 0) is 16.8 Å². The van der Waals surface area contributed by atoms with Crippen molar-refractivity contribution in [1.29, 1.82) is 0 Å². The number of carbonyl (C=O) groups excluding carboxylic acids is 1. The first-order valence-corrected chi connectivity index (χ1v) is 8.89. The van der Waals surface area contributed by atoms with Gasteiger partial charge in [-0.2, -0.15) is 4.98 Å². The zero-order valence-electron chi connectivity index (χ0n) is 15.8. The van der Waals surface area contributed by atoms with E-state index in [4.69, 9.17) is 9.26 Å². The number of anilines is 1. The molecule has 0 bridgehead atoms. The quantitative estimate of drug-likeness (QED) is 0.885. The number of methoxy groups -OCH3 is 1. The maximum atomic E-state index is 12.7. The molecule has 3 rings (SSSR count). The Morgan fingerprint density at radius 1 is 1.35 bits per heavy atom. The molecule has 140 valence electrons. The molecule has 0 saturated carbocycles. The van der Waals surface area contributed by atoms with Crippen LogP contribution in [0, 0.1) is 0 Å². The highest BCUT2D eigenvalue weighted by Crippen LogP contribution is 2.24. The van der Waals surface area contributed by atoms with Crippen molar-refractivity contribution in [3.05, 3.63) is 36.0 Å². The van der Waals surface area contributed by atoms with E-state index in [1.165, 1.54) is 0 Å². The van der Waals surface area contributed by atoms with Crippen LogP contribution in [0.25, 0.3) is 0 Å². The van der Waals surface area contributed by atoms with Crippen molar-refractivity contribution in [1.82, 2.24) is 15.0 Å². The van der Waals surface area contributed by atoms with Gasteiger partial charge < -0.3 is 14.6 Å². The van der Waals surface area contributed by atoms with E-state index >= 15 is 0 Å². The molecule has 1 aromatic carbocycles. The van der Waals surface area contributed by atoms with Crippen LogP contribution in [0.5, 0.6) is 5.75 Å². The molecule has 1 aliphatic rings. The van der Waals surface area contributed by atoms with Gasteiger partial charge in [0.25, 0.3) is 0 Å². The second-order valence-electron chi connectivity index (χ2n) is 7.61. The van der Waals surface area contributed by atoms with E-state index < -0.39 is 0 Å². The summed E-state index contributed by atoms with van der Waals surface area (Å²) in [5.41, 5.74) is 0.582. The van der Waals surface area contributed by atoms with E-state index in [0.29, 0.717) is 18.3 Å². The van der Waals surface area contributed by atoms with Crippen molar-refractivity contribution < 1.29 is 14.1 Å². The average Bonchev–Trinajstić information content (AvgIpc) is 3.25. The summed E-state index contributed by atoms with van der Waals surface area (Å²) < 4.78 is 10.5. The summed E-state index contributed by atoms with van der Waals surface area (Å²) in [6.07, 6.45) is 1.80. The van der Waals surface area contributed by atoms with Gasteiger partial charge in [-0.1, -0.05) is 25.9 Å². The highest BCUT2D eigenvalue weighted by atomic mass is 16.5. The third kappa shape index (κ3) is 4.22. The molecule has 7 heteroatoms. The number of rotatable bonds is 5. The van der Waals surface area contributed by atoms with Gasteiger partial charge in [-0.25, -0.2) is 0 Å². The topological polar surface area (TPSA) is 80.5 Å². The van der Waals surface area contributed by atoms with Crippen molar-refractivity contribution in [2.75, 3.05) is 19.0 Å². The second kappa shape index (κ2) is 7.45. The maximum Gasteiger partial charge on any atom is 0.241 e. The second-order valence-corrected chi connectivity index (χ2v) is 7.61. The van der Waals surface area contributed by atoms with Crippen LogP contribution in [-0.4, -0.2) is 40.6 Å². The van der Waals surface area contributed by atoms with Gasteiger partial charge in [-0.15, -0.1) is 0 Å². The van der Waals surface area contributed by atoms with E-state index in [0.717, 1.165) is 30.8 Å². The van der Waals surface area contributed by atoms with E-state index in [9.17, 15) is 4.79 Å². The highest BCUT2D eigenvalue weighted by molar-refractivity contribution is 5.95. The molecular formula is C19H26N4O3. The number of likely N-dealkylation sites (tertiary alicyclic amines) is 1. The lowest BCUT2D eigenvalue weighted by atomic mass is 9.97. The van der Waals surface area contributed by atoms with E-state index in [1.54, 1.807) is 7.11 Å². The normalized spacial score (nSPS) is 18.1. The first-order chi connectivity index (χ1) is 12.4. The van der Waals surface area contributed by atoms with Crippen LogP contribution in [0.1, 0.15) is 45.3 Å². The molecule has 1 unspecified atom stereocenters. The summed E-state index contributed by atoms with van der Waals surface area (Å²) in [4.78, 5) is 19.3. The molecule has 1 aromatic heterocycles. The molecule has 1 amide bonds. The summed E-state index contributed by atoms with van der Waals surface area (Å²) in [6.45, 7) is 7.46. The lowest BCUT2D eigenvalue weighted by Gasteiger charge is -2.22. The highest BCUT2D eigenvalue weighted by Gasteiger charge is 2.32. The third-order valence-electron chi connectivity index (χ3n) is 4.48. The van der Waals surface area contributed by atoms with Crippen molar-refractivity contribution in [3.8, 4) is 5.75 Å². The fourth-order valence-corrected chi connectivity index (χ4v) is 3.02. The minimum absolute atomic E-state index is 0.00722. The van der Waals surface area contributed by atoms with E-state index in [2.05, 4.69) is 20.4 Å². The average molecular weight is 358 g/mol. The van der Waals surface area contributed by atoms with Crippen LogP contribution in [0.2, 0.25) is 0 Å². The monoisotopic (exact) mass is 358 g/mol. The Hall–Kier alpha value is -2.41. The fraction of sp³-hybridized carbons (Fsp3) is 0.526. The number of benzene rings is 1. The van der Waals surface area contributed by atoms with Crippen LogP contribution in [0.4, 0.5) is 5.69 Å². The molecule has 0 aliphatic carbocycles. The number of amides is 1. The van der Waals surface area contributed by atoms with Gasteiger partial charge in [0.05, 0.1) is 19.7 Å². The zero-order chi connectivity index (χ0) is 18.7. The summed E-state index contributed by atoms with van der Waals surface area (Å²) >= 11 is 0. The standard InChI is InChI=1S/C19H26N4O3/c1-19(2,3)18-21-16(22-26-18)12-23-11-5-6-15(23)17(24)20-13-7-9-14(25-4)10-8-13/h7-10,15H,5-6,11-12H2,1-4H3,(H,20,24). The summed E-state index contributed by atoms with van der Waals surface area (Å²) in [6, 6.07) is 7.15. The Kier molecular flexibility index (Phi) is 5.27. The van der Waals surface area contributed by atoms with Gasteiger partial charge >= 0.3 is 0 Å². The number of nitrogens with zero attached hydrogens (tertiary/aromatic N) is 3. The minimum Gasteiger partial charge on any atom is -0.497 e. The van der Waals surface area contributed by atoms with E-state index in [1.807, 2.05) is 45.0 Å². The predicted octanol–water partition coefficient (Wildman–Crippen LogP) is 2.98. The largest absolute Gasteiger partial charge is 0.497 e. The van der Waals surface area contributed by atoms with Crippen LogP contribution >= 0.6 is 0 Å². The Morgan fingerprint density at radius 2 is 2.08 bits per heavy atom. The number of hydrogen-bond donors (Lipinski definition) is 1. The summed E-state index contributed by atoms with van der Waals surface area (Å²) in [7, 11) is 1.62. The van der Waals surface area contributed by atoms with Gasteiger partial charge in [0.2, 0.25) is 11.8 Å². The van der Waals surface area contributed by atoms with Crippen LogP contribution in [0.3, 0.4) is 0 Å². The summed E-state index contributed by atoms with van der Waals surface area (Å²) in [5, 5.41) is 7.05. The molecule has 26 heavy (non-hydrogen) atoms. The first-order valence-electron chi connectivity index (χ1n) is 8.89. The minimum atomic E-state index is -0.186. The van der Waals surface area contributed by atoms with Crippen molar-refractivity contribution in [2.45, 2.75) is 51.6 Å². The Labute approximate surface area is 153 Å². The lowest BCUT2D eigenvalue weighted by molar-refractivity contribution is -0.120.